The number of hydrogen-bond acceptors (Lipinski definition) is 4. The van der Waals surface area contributed by atoms with Gasteiger partial charge in [-0.2, -0.15) is 0 Å². The normalized spacial score (nSPS) is 17.0. The molecule has 0 N–H and O–H groups in total. The highest BCUT2D eigenvalue weighted by Crippen LogP contribution is 2.33. The first-order valence-electron chi connectivity index (χ1n) is 9.01. The summed E-state index contributed by atoms with van der Waals surface area (Å²) in [4.78, 5) is 13.2. The van der Waals surface area contributed by atoms with E-state index in [0.29, 0.717) is 12.2 Å². The molecule has 1 heterocycles. The van der Waals surface area contributed by atoms with Crippen LogP contribution in [0, 0.1) is 0 Å². The molecule has 0 spiro atoms. The second kappa shape index (κ2) is 7.96. The number of carbonyl (C=O) groups is 1. The number of ether oxygens (including phenoxy) is 1. The van der Waals surface area contributed by atoms with Crippen molar-refractivity contribution in [2.24, 2.45) is 0 Å². The molecule has 0 aromatic heterocycles. The number of Topliss-reactive ketones (excluding diaryl/α,β-unsaturated/α-hetero) is 1. The molecule has 0 fully saturated rings. The zero-order valence-corrected chi connectivity index (χ0v) is 16.3. The van der Waals surface area contributed by atoms with Gasteiger partial charge in [-0.15, -0.1) is 0 Å². The minimum Gasteiger partial charge on any atom is -0.497 e. The molecule has 0 unspecified atom stereocenters. The number of nitrogens with zero attached hydrogens (tertiary/aromatic N) is 1. The number of sulfonamides is 1. The van der Waals surface area contributed by atoms with E-state index in [9.17, 15) is 13.2 Å². The van der Waals surface area contributed by atoms with Gasteiger partial charge in [-0.05, 0) is 42.3 Å². The van der Waals surface area contributed by atoms with Crippen LogP contribution in [0.5, 0.6) is 5.75 Å². The Balaban J connectivity index is 2.10. The maximum atomic E-state index is 13.2. The molecule has 0 aliphatic carbocycles. The molecular formula is C21H23NO4S. The molecule has 1 aliphatic rings. The van der Waals surface area contributed by atoms with Crippen molar-refractivity contribution in [2.45, 2.75) is 31.1 Å². The lowest BCUT2D eigenvalue weighted by molar-refractivity contribution is 0.100. The van der Waals surface area contributed by atoms with Crippen LogP contribution in [0.25, 0.3) is 6.08 Å². The SMILES string of the molecule is CCCCCN1C(=Cc2ccc(OC)cc2)C(=O)c2ccccc2S1(=O)=O. The molecule has 0 radical (unpaired) electrons. The molecule has 27 heavy (non-hydrogen) atoms. The van der Waals surface area contributed by atoms with Crippen molar-refractivity contribution >= 4 is 21.9 Å². The molecular weight excluding hydrogens is 362 g/mol. The van der Waals surface area contributed by atoms with Crippen molar-refractivity contribution in [3.63, 3.8) is 0 Å². The van der Waals surface area contributed by atoms with Gasteiger partial charge in [0.1, 0.15) is 11.4 Å². The van der Waals surface area contributed by atoms with Crippen LogP contribution in [0.2, 0.25) is 0 Å². The number of unbranched alkanes of at least 4 members (excludes halogenated alkanes) is 2. The van der Waals surface area contributed by atoms with E-state index in [-0.39, 0.29) is 28.5 Å². The third-order valence-corrected chi connectivity index (χ3v) is 6.46. The van der Waals surface area contributed by atoms with Crippen molar-refractivity contribution in [2.75, 3.05) is 13.7 Å². The summed E-state index contributed by atoms with van der Waals surface area (Å²) in [7, 11) is -2.18. The lowest BCUT2D eigenvalue weighted by Gasteiger charge is -2.31. The number of methoxy groups -OCH3 is 1. The summed E-state index contributed by atoms with van der Waals surface area (Å²) in [5, 5.41) is 0. The second-order valence-corrected chi connectivity index (χ2v) is 8.24. The quantitative estimate of drug-likeness (QED) is 0.554. The third kappa shape index (κ3) is 3.76. The van der Waals surface area contributed by atoms with Crippen LogP contribution in [0.15, 0.2) is 59.1 Å². The Hall–Kier alpha value is -2.60. The Labute approximate surface area is 160 Å². The number of allylic oxidation sites excluding steroid dienone is 1. The third-order valence-electron chi connectivity index (χ3n) is 4.59. The fourth-order valence-electron chi connectivity index (χ4n) is 3.12. The summed E-state index contributed by atoms with van der Waals surface area (Å²) in [6.45, 7) is 2.34. The van der Waals surface area contributed by atoms with Gasteiger partial charge in [-0.3, -0.25) is 9.10 Å². The summed E-state index contributed by atoms with van der Waals surface area (Å²) in [5.41, 5.74) is 1.16. The molecule has 6 heteroatoms. The highest BCUT2D eigenvalue weighted by molar-refractivity contribution is 7.89. The van der Waals surface area contributed by atoms with Crippen LogP contribution in [0.4, 0.5) is 0 Å². The summed E-state index contributed by atoms with van der Waals surface area (Å²) < 4.78 is 32.7. The molecule has 1 aliphatic heterocycles. The molecule has 2 aromatic carbocycles. The van der Waals surface area contributed by atoms with Gasteiger partial charge in [0.2, 0.25) is 5.78 Å². The lowest BCUT2D eigenvalue weighted by Crippen LogP contribution is -2.39. The smallest absolute Gasteiger partial charge is 0.265 e. The van der Waals surface area contributed by atoms with E-state index >= 15 is 0 Å². The van der Waals surface area contributed by atoms with Gasteiger partial charge in [-0.25, -0.2) is 8.42 Å². The van der Waals surface area contributed by atoms with E-state index < -0.39 is 10.0 Å². The Bertz CT molecular complexity index is 962. The first kappa shape index (κ1) is 19.2. The Morgan fingerprint density at radius 2 is 1.74 bits per heavy atom. The van der Waals surface area contributed by atoms with Gasteiger partial charge in [-0.1, -0.05) is 44.0 Å². The van der Waals surface area contributed by atoms with Gasteiger partial charge in [0.05, 0.1) is 12.0 Å². The maximum Gasteiger partial charge on any atom is 0.265 e. The van der Waals surface area contributed by atoms with E-state index in [0.717, 1.165) is 18.4 Å². The van der Waals surface area contributed by atoms with Gasteiger partial charge >= 0.3 is 0 Å². The molecule has 0 atom stereocenters. The van der Waals surface area contributed by atoms with Crippen LogP contribution in [0.1, 0.15) is 42.1 Å². The zero-order chi connectivity index (χ0) is 19.4. The average Bonchev–Trinajstić information content (AvgIpc) is 2.69. The Morgan fingerprint density at radius 1 is 1.04 bits per heavy atom. The number of hydrogen-bond donors (Lipinski definition) is 0. The minimum absolute atomic E-state index is 0.0818. The molecule has 3 rings (SSSR count). The first-order chi connectivity index (χ1) is 13.0. The molecule has 5 nitrogen and oxygen atoms in total. The molecule has 0 amide bonds. The average molecular weight is 385 g/mol. The number of carbonyl (C=O) groups excluding carboxylic acids is 1. The van der Waals surface area contributed by atoms with Gasteiger partial charge in [0.25, 0.3) is 10.0 Å². The Morgan fingerprint density at radius 3 is 2.41 bits per heavy atom. The van der Waals surface area contributed by atoms with Crippen LogP contribution >= 0.6 is 0 Å². The van der Waals surface area contributed by atoms with Crippen molar-refractivity contribution in [3.05, 3.63) is 65.4 Å². The van der Waals surface area contributed by atoms with E-state index in [1.807, 2.05) is 0 Å². The first-order valence-corrected chi connectivity index (χ1v) is 10.4. The fourth-order valence-corrected chi connectivity index (χ4v) is 4.81. The summed E-state index contributed by atoms with van der Waals surface area (Å²) in [6.07, 6.45) is 4.21. The maximum absolute atomic E-state index is 13.2. The van der Waals surface area contributed by atoms with E-state index in [4.69, 9.17) is 4.74 Å². The highest BCUT2D eigenvalue weighted by atomic mass is 32.2. The zero-order valence-electron chi connectivity index (χ0n) is 15.5. The monoisotopic (exact) mass is 385 g/mol. The number of fused-ring (bicyclic) bond motifs is 1. The largest absolute Gasteiger partial charge is 0.497 e. The lowest BCUT2D eigenvalue weighted by atomic mass is 10.0. The standard InChI is InChI=1S/C21H23NO4S/c1-3-4-7-14-22-19(15-16-10-12-17(26-2)13-11-16)21(23)18-8-5-6-9-20(18)27(22,24)25/h5-6,8-13,15H,3-4,7,14H2,1-2H3. The topological polar surface area (TPSA) is 63.7 Å². The molecule has 142 valence electrons. The molecule has 0 saturated carbocycles. The van der Waals surface area contributed by atoms with Crippen LogP contribution < -0.4 is 4.74 Å². The summed E-state index contributed by atoms with van der Waals surface area (Å²) in [6, 6.07) is 13.6. The van der Waals surface area contributed by atoms with E-state index in [1.165, 1.54) is 10.4 Å². The number of rotatable bonds is 6. The number of ketones is 1. The predicted octanol–water partition coefficient (Wildman–Crippen LogP) is 4.11. The van der Waals surface area contributed by atoms with Gasteiger partial charge in [0.15, 0.2) is 0 Å². The second-order valence-electron chi connectivity index (χ2n) is 6.41. The van der Waals surface area contributed by atoms with Crippen LogP contribution in [0.3, 0.4) is 0 Å². The van der Waals surface area contributed by atoms with Crippen molar-refractivity contribution in [3.8, 4) is 5.75 Å². The van der Waals surface area contributed by atoms with Crippen molar-refractivity contribution in [1.82, 2.24) is 4.31 Å². The molecule has 2 aromatic rings. The highest BCUT2D eigenvalue weighted by Gasteiger charge is 2.38. The predicted molar refractivity (Wildman–Crippen MR) is 105 cm³/mol. The fraction of sp³-hybridized carbons (Fsp3) is 0.286. The molecule has 0 bridgehead atoms. The number of benzene rings is 2. The summed E-state index contributed by atoms with van der Waals surface area (Å²) >= 11 is 0. The van der Waals surface area contributed by atoms with Crippen LogP contribution in [-0.4, -0.2) is 32.2 Å². The van der Waals surface area contributed by atoms with Gasteiger partial charge < -0.3 is 4.74 Å². The van der Waals surface area contributed by atoms with Crippen LogP contribution in [-0.2, 0) is 10.0 Å². The minimum atomic E-state index is -3.76. The Kier molecular flexibility index (Phi) is 5.65. The summed E-state index contributed by atoms with van der Waals surface area (Å²) in [5.74, 6) is 0.428. The molecule has 0 saturated heterocycles. The van der Waals surface area contributed by atoms with Crippen molar-refractivity contribution < 1.29 is 17.9 Å². The van der Waals surface area contributed by atoms with E-state index in [1.54, 1.807) is 55.7 Å². The van der Waals surface area contributed by atoms with Crippen molar-refractivity contribution in [1.29, 1.82) is 0 Å². The van der Waals surface area contributed by atoms with Gasteiger partial charge in [0, 0.05) is 12.1 Å². The van der Waals surface area contributed by atoms with E-state index in [2.05, 4.69) is 6.92 Å².